The Balaban J connectivity index is 1.28. The third kappa shape index (κ3) is 4.22. The molecule has 0 saturated carbocycles. The Bertz CT molecular complexity index is 918. The van der Waals surface area contributed by atoms with E-state index >= 15 is 0 Å². The zero-order valence-corrected chi connectivity index (χ0v) is 16.2. The summed E-state index contributed by atoms with van der Waals surface area (Å²) in [6.45, 7) is 5.64. The maximum Gasteiger partial charge on any atom is 0.226 e. The van der Waals surface area contributed by atoms with Gasteiger partial charge in [-0.15, -0.1) is 0 Å². The molecule has 0 aliphatic carbocycles. The molecule has 2 aromatic carbocycles. The summed E-state index contributed by atoms with van der Waals surface area (Å²) in [5.41, 5.74) is 2.31. The summed E-state index contributed by atoms with van der Waals surface area (Å²) >= 11 is 1.73. The maximum absolute atomic E-state index is 12.4. The number of carbonyl (C=O) groups is 1. The Kier molecular flexibility index (Phi) is 5.25. The van der Waals surface area contributed by atoms with Crippen LogP contribution < -0.4 is 9.64 Å². The second kappa shape index (κ2) is 7.96. The third-order valence-corrected chi connectivity index (χ3v) is 5.84. The van der Waals surface area contributed by atoms with Crippen LogP contribution in [0.3, 0.4) is 0 Å². The number of para-hydroxylation sites is 1. The van der Waals surface area contributed by atoms with Crippen LogP contribution in [0.5, 0.6) is 5.75 Å². The molecule has 0 bridgehead atoms. The molecule has 0 atom stereocenters. The number of nitrogens with zero attached hydrogens (tertiary/aromatic N) is 3. The molecule has 3 aromatic rings. The molecule has 0 radical (unpaired) electrons. The molecule has 1 aliphatic rings. The van der Waals surface area contributed by atoms with Gasteiger partial charge in [-0.25, -0.2) is 4.98 Å². The molecule has 5 nitrogen and oxygen atoms in total. The van der Waals surface area contributed by atoms with Crippen molar-refractivity contribution in [3.63, 3.8) is 0 Å². The Hall–Kier alpha value is -2.60. The number of carbonyl (C=O) groups excluding carboxylic acids is 1. The van der Waals surface area contributed by atoms with Gasteiger partial charge in [0.05, 0.1) is 23.2 Å². The molecule has 0 spiro atoms. The molecule has 6 heteroatoms. The maximum atomic E-state index is 12.4. The third-order valence-electron chi connectivity index (χ3n) is 4.76. The van der Waals surface area contributed by atoms with E-state index in [9.17, 15) is 4.79 Å². The first kappa shape index (κ1) is 17.8. The zero-order valence-electron chi connectivity index (χ0n) is 15.4. The SMILES string of the molecule is Cc1ccc2nc(N3CCN(C(=O)CCOc4ccccc4)CC3)sc2c1. The molecule has 140 valence electrons. The van der Waals surface area contributed by atoms with E-state index in [4.69, 9.17) is 9.72 Å². The van der Waals surface area contributed by atoms with Crippen molar-refractivity contribution >= 4 is 32.6 Å². The number of anilines is 1. The van der Waals surface area contributed by atoms with Gasteiger partial charge < -0.3 is 14.5 Å². The molecule has 4 rings (SSSR count). The minimum absolute atomic E-state index is 0.158. The first-order valence-electron chi connectivity index (χ1n) is 9.27. The van der Waals surface area contributed by atoms with Gasteiger partial charge in [-0.2, -0.15) is 0 Å². The molecular formula is C21H23N3O2S. The van der Waals surface area contributed by atoms with Crippen LogP contribution in [0.1, 0.15) is 12.0 Å². The highest BCUT2D eigenvalue weighted by molar-refractivity contribution is 7.22. The zero-order chi connectivity index (χ0) is 18.6. The van der Waals surface area contributed by atoms with Crippen LogP contribution >= 0.6 is 11.3 Å². The van der Waals surface area contributed by atoms with Gasteiger partial charge in [0.15, 0.2) is 5.13 Å². The van der Waals surface area contributed by atoms with E-state index in [0.29, 0.717) is 13.0 Å². The molecule has 0 unspecified atom stereocenters. The van der Waals surface area contributed by atoms with Crippen molar-refractivity contribution < 1.29 is 9.53 Å². The molecule has 1 amide bonds. The summed E-state index contributed by atoms with van der Waals surface area (Å²) in [5.74, 6) is 0.965. The van der Waals surface area contributed by atoms with Gasteiger partial charge in [-0.1, -0.05) is 35.6 Å². The van der Waals surface area contributed by atoms with Gasteiger partial charge in [0.25, 0.3) is 0 Å². The summed E-state index contributed by atoms with van der Waals surface area (Å²) in [5, 5.41) is 1.05. The van der Waals surface area contributed by atoms with Gasteiger partial charge in [-0.3, -0.25) is 4.79 Å². The van der Waals surface area contributed by atoms with Gasteiger partial charge >= 0.3 is 0 Å². The lowest BCUT2D eigenvalue weighted by atomic mass is 10.2. The van der Waals surface area contributed by atoms with Crippen LogP contribution in [0.4, 0.5) is 5.13 Å². The van der Waals surface area contributed by atoms with Crippen molar-refractivity contribution in [3.8, 4) is 5.75 Å². The topological polar surface area (TPSA) is 45.7 Å². The summed E-state index contributed by atoms with van der Waals surface area (Å²) < 4.78 is 6.86. The fourth-order valence-electron chi connectivity index (χ4n) is 3.23. The van der Waals surface area contributed by atoms with E-state index in [2.05, 4.69) is 30.0 Å². The van der Waals surface area contributed by atoms with Crippen molar-refractivity contribution in [1.29, 1.82) is 0 Å². The van der Waals surface area contributed by atoms with E-state index in [0.717, 1.165) is 42.6 Å². The largest absolute Gasteiger partial charge is 0.493 e. The molecular weight excluding hydrogens is 358 g/mol. The van der Waals surface area contributed by atoms with E-state index < -0.39 is 0 Å². The minimum Gasteiger partial charge on any atom is -0.493 e. The van der Waals surface area contributed by atoms with Crippen molar-refractivity contribution in [3.05, 3.63) is 54.1 Å². The highest BCUT2D eigenvalue weighted by Gasteiger charge is 2.23. The molecule has 2 heterocycles. The van der Waals surface area contributed by atoms with Gasteiger partial charge in [0.2, 0.25) is 5.91 Å². The number of fused-ring (bicyclic) bond motifs is 1. The number of thiazole rings is 1. The number of aryl methyl sites for hydroxylation is 1. The van der Waals surface area contributed by atoms with Crippen molar-refractivity contribution in [1.82, 2.24) is 9.88 Å². The Morgan fingerprint density at radius 3 is 2.67 bits per heavy atom. The van der Waals surface area contributed by atoms with Gasteiger partial charge in [-0.05, 0) is 36.8 Å². The molecule has 1 aliphatic heterocycles. The van der Waals surface area contributed by atoms with Gasteiger partial charge in [0.1, 0.15) is 5.75 Å². The smallest absolute Gasteiger partial charge is 0.226 e. The predicted molar refractivity (Wildman–Crippen MR) is 110 cm³/mol. The summed E-state index contributed by atoms with van der Waals surface area (Å²) in [6, 6.07) is 16.0. The monoisotopic (exact) mass is 381 g/mol. The van der Waals surface area contributed by atoms with E-state index in [1.807, 2.05) is 35.2 Å². The quantitative estimate of drug-likeness (QED) is 0.676. The number of hydrogen-bond donors (Lipinski definition) is 0. The van der Waals surface area contributed by atoms with Crippen molar-refractivity contribution in [2.45, 2.75) is 13.3 Å². The predicted octanol–water partition coefficient (Wildman–Crippen LogP) is 3.72. The van der Waals surface area contributed by atoms with Crippen molar-refractivity contribution in [2.75, 3.05) is 37.7 Å². The van der Waals surface area contributed by atoms with E-state index in [-0.39, 0.29) is 5.91 Å². The summed E-state index contributed by atoms with van der Waals surface area (Å²) in [7, 11) is 0. The second-order valence-electron chi connectivity index (χ2n) is 6.75. The summed E-state index contributed by atoms with van der Waals surface area (Å²) in [6.07, 6.45) is 0.412. The van der Waals surface area contributed by atoms with Crippen LogP contribution in [-0.4, -0.2) is 48.6 Å². The minimum atomic E-state index is 0.158. The van der Waals surface area contributed by atoms with Gasteiger partial charge in [0, 0.05) is 26.2 Å². The number of amides is 1. The number of piperazine rings is 1. The molecule has 27 heavy (non-hydrogen) atoms. The highest BCUT2D eigenvalue weighted by atomic mass is 32.1. The number of rotatable bonds is 5. The van der Waals surface area contributed by atoms with Crippen LogP contribution in [0.2, 0.25) is 0 Å². The average molecular weight is 382 g/mol. The normalized spacial score (nSPS) is 14.6. The average Bonchev–Trinajstić information content (AvgIpc) is 3.12. The lowest BCUT2D eigenvalue weighted by Gasteiger charge is -2.34. The van der Waals surface area contributed by atoms with E-state index in [1.54, 1.807) is 11.3 Å². The number of ether oxygens (including phenoxy) is 1. The highest BCUT2D eigenvalue weighted by Crippen LogP contribution is 2.30. The lowest BCUT2D eigenvalue weighted by molar-refractivity contribution is -0.132. The lowest BCUT2D eigenvalue weighted by Crippen LogP contribution is -2.49. The molecule has 0 N–H and O–H groups in total. The van der Waals surface area contributed by atoms with Crippen LogP contribution in [0, 0.1) is 6.92 Å². The standard InChI is InChI=1S/C21H23N3O2S/c1-16-7-8-18-19(15-16)27-21(22-18)24-12-10-23(11-13-24)20(25)9-14-26-17-5-3-2-4-6-17/h2-8,15H,9-14H2,1H3. The first-order valence-corrected chi connectivity index (χ1v) is 10.1. The second-order valence-corrected chi connectivity index (χ2v) is 7.76. The first-order chi connectivity index (χ1) is 13.2. The van der Waals surface area contributed by atoms with Crippen LogP contribution in [0.25, 0.3) is 10.2 Å². The molecule has 1 saturated heterocycles. The fourth-order valence-corrected chi connectivity index (χ4v) is 4.35. The molecule has 1 fully saturated rings. The van der Waals surface area contributed by atoms with Crippen LogP contribution in [-0.2, 0) is 4.79 Å². The number of aromatic nitrogens is 1. The number of benzene rings is 2. The van der Waals surface area contributed by atoms with Crippen molar-refractivity contribution in [2.24, 2.45) is 0 Å². The Morgan fingerprint density at radius 2 is 1.89 bits per heavy atom. The fraction of sp³-hybridized carbons (Fsp3) is 0.333. The van der Waals surface area contributed by atoms with E-state index in [1.165, 1.54) is 10.3 Å². The Morgan fingerprint density at radius 1 is 1.11 bits per heavy atom. The molecule has 1 aromatic heterocycles. The summed E-state index contributed by atoms with van der Waals surface area (Å²) in [4.78, 5) is 21.4. The number of hydrogen-bond acceptors (Lipinski definition) is 5. The van der Waals surface area contributed by atoms with Crippen LogP contribution in [0.15, 0.2) is 48.5 Å². The Labute approximate surface area is 163 Å².